The molecule has 0 spiro atoms. The minimum atomic E-state index is -0.152. The molecule has 1 heterocycles. The van der Waals surface area contributed by atoms with Crippen LogP contribution in [0.3, 0.4) is 0 Å². The maximum atomic E-state index is 9.33. The summed E-state index contributed by atoms with van der Waals surface area (Å²) in [7, 11) is 0. The molecule has 0 saturated carbocycles. The van der Waals surface area contributed by atoms with Gasteiger partial charge in [0.25, 0.3) is 0 Å². The highest BCUT2D eigenvalue weighted by molar-refractivity contribution is 4.82. The highest BCUT2D eigenvalue weighted by atomic mass is 16.3. The molecule has 1 fully saturated rings. The SMILES string of the molecule is CCCC(O)CNC1CNC1. The number of aliphatic hydroxyl groups is 1. The van der Waals surface area contributed by atoms with Crippen molar-refractivity contribution in [1.29, 1.82) is 0 Å². The van der Waals surface area contributed by atoms with E-state index in [9.17, 15) is 5.11 Å². The van der Waals surface area contributed by atoms with Crippen LogP contribution in [0.5, 0.6) is 0 Å². The highest BCUT2D eigenvalue weighted by Crippen LogP contribution is 1.96. The van der Waals surface area contributed by atoms with Gasteiger partial charge in [-0.2, -0.15) is 0 Å². The Labute approximate surface area is 68.2 Å². The predicted octanol–water partition coefficient (Wildman–Crippen LogP) is -0.291. The summed E-state index contributed by atoms with van der Waals surface area (Å²) in [5.74, 6) is 0. The zero-order valence-electron chi connectivity index (χ0n) is 7.14. The first-order valence-electron chi connectivity index (χ1n) is 4.45. The monoisotopic (exact) mass is 158 g/mol. The number of hydrogen-bond acceptors (Lipinski definition) is 3. The Hall–Kier alpha value is -0.120. The van der Waals surface area contributed by atoms with E-state index < -0.39 is 0 Å². The third kappa shape index (κ3) is 3.18. The molecule has 1 aliphatic rings. The Morgan fingerprint density at radius 1 is 1.64 bits per heavy atom. The van der Waals surface area contributed by atoms with Crippen LogP contribution in [0.4, 0.5) is 0 Å². The van der Waals surface area contributed by atoms with Gasteiger partial charge < -0.3 is 15.7 Å². The van der Waals surface area contributed by atoms with Crippen molar-refractivity contribution in [1.82, 2.24) is 10.6 Å². The van der Waals surface area contributed by atoms with Gasteiger partial charge in [0.1, 0.15) is 0 Å². The lowest BCUT2D eigenvalue weighted by Gasteiger charge is -2.29. The second kappa shape index (κ2) is 4.70. The van der Waals surface area contributed by atoms with Crippen LogP contribution in [0.1, 0.15) is 19.8 Å². The van der Waals surface area contributed by atoms with Crippen LogP contribution in [0.25, 0.3) is 0 Å². The largest absolute Gasteiger partial charge is 0.392 e. The Bertz CT molecular complexity index is 104. The van der Waals surface area contributed by atoms with Crippen molar-refractivity contribution in [2.24, 2.45) is 0 Å². The fraction of sp³-hybridized carbons (Fsp3) is 1.00. The molecule has 0 radical (unpaired) electrons. The van der Waals surface area contributed by atoms with Crippen LogP contribution in [-0.2, 0) is 0 Å². The van der Waals surface area contributed by atoms with Crippen LogP contribution in [0.2, 0.25) is 0 Å². The fourth-order valence-electron chi connectivity index (χ4n) is 1.17. The second-order valence-electron chi connectivity index (χ2n) is 3.21. The van der Waals surface area contributed by atoms with Crippen LogP contribution >= 0.6 is 0 Å². The highest BCUT2D eigenvalue weighted by Gasteiger charge is 2.16. The molecule has 3 heteroatoms. The van der Waals surface area contributed by atoms with E-state index in [1.165, 1.54) is 0 Å². The molecule has 0 amide bonds. The maximum Gasteiger partial charge on any atom is 0.0664 e. The van der Waals surface area contributed by atoms with Gasteiger partial charge in [0, 0.05) is 25.7 Å². The van der Waals surface area contributed by atoms with Crippen LogP contribution in [-0.4, -0.2) is 36.9 Å². The molecule has 0 bridgehead atoms. The van der Waals surface area contributed by atoms with Crippen molar-refractivity contribution in [3.8, 4) is 0 Å². The summed E-state index contributed by atoms with van der Waals surface area (Å²) in [5, 5.41) is 15.8. The molecule has 1 atom stereocenters. The molecule has 11 heavy (non-hydrogen) atoms. The quantitative estimate of drug-likeness (QED) is 0.515. The van der Waals surface area contributed by atoms with E-state index in [2.05, 4.69) is 17.6 Å². The second-order valence-corrected chi connectivity index (χ2v) is 3.21. The zero-order valence-corrected chi connectivity index (χ0v) is 7.14. The Kier molecular flexibility index (Phi) is 3.83. The summed E-state index contributed by atoms with van der Waals surface area (Å²) in [4.78, 5) is 0. The van der Waals surface area contributed by atoms with Gasteiger partial charge >= 0.3 is 0 Å². The molecule has 3 nitrogen and oxygen atoms in total. The average Bonchev–Trinajstić information content (AvgIpc) is 1.85. The number of rotatable bonds is 5. The summed E-state index contributed by atoms with van der Waals surface area (Å²) in [6, 6.07) is 0.599. The predicted molar refractivity (Wildman–Crippen MR) is 45.6 cm³/mol. The molecule has 1 unspecified atom stereocenters. The average molecular weight is 158 g/mol. The standard InChI is InChI=1S/C8H18N2O/c1-2-3-8(11)6-10-7-4-9-5-7/h7-11H,2-6H2,1H3. The third-order valence-corrected chi connectivity index (χ3v) is 2.05. The van der Waals surface area contributed by atoms with Crippen molar-refractivity contribution >= 4 is 0 Å². The molecule has 1 saturated heterocycles. The Morgan fingerprint density at radius 3 is 2.82 bits per heavy atom. The van der Waals surface area contributed by atoms with E-state index in [4.69, 9.17) is 0 Å². The van der Waals surface area contributed by atoms with E-state index in [0.29, 0.717) is 6.04 Å². The van der Waals surface area contributed by atoms with Gasteiger partial charge in [-0.3, -0.25) is 0 Å². The molecule has 1 aliphatic heterocycles. The van der Waals surface area contributed by atoms with E-state index in [1.54, 1.807) is 0 Å². The number of hydrogen-bond donors (Lipinski definition) is 3. The van der Waals surface area contributed by atoms with Gasteiger partial charge in [-0.05, 0) is 6.42 Å². The number of aliphatic hydroxyl groups excluding tert-OH is 1. The van der Waals surface area contributed by atoms with E-state index >= 15 is 0 Å². The third-order valence-electron chi connectivity index (χ3n) is 2.05. The minimum Gasteiger partial charge on any atom is -0.392 e. The number of nitrogens with one attached hydrogen (secondary N) is 2. The lowest BCUT2D eigenvalue weighted by molar-refractivity contribution is 0.151. The molecule has 66 valence electrons. The van der Waals surface area contributed by atoms with Gasteiger partial charge in [0.2, 0.25) is 0 Å². The lowest BCUT2D eigenvalue weighted by Crippen LogP contribution is -2.56. The van der Waals surface area contributed by atoms with Crippen molar-refractivity contribution in [2.75, 3.05) is 19.6 Å². The van der Waals surface area contributed by atoms with Crippen LogP contribution in [0, 0.1) is 0 Å². The molecule has 0 aromatic rings. The minimum absolute atomic E-state index is 0.152. The summed E-state index contributed by atoms with van der Waals surface area (Å²) in [5.41, 5.74) is 0. The lowest BCUT2D eigenvalue weighted by atomic mass is 10.1. The van der Waals surface area contributed by atoms with Gasteiger partial charge in [-0.1, -0.05) is 13.3 Å². The first kappa shape index (κ1) is 8.97. The maximum absolute atomic E-state index is 9.33. The summed E-state index contributed by atoms with van der Waals surface area (Å²) >= 11 is 0. The zero-order chi connectivity index (χ0) is 8.10. The van der Waals surface area contributed by atoms with Crippen molar-refractivity contribution in [3.05, 3.63) is 0 Å². The molecular weight excluding hydrogens is 140 g/mol. The first-order chi connectivity index (χ1) is 5.33. The van der Waals surface area contributed by atoms with Gasteiger partial charge in [0.15, 0.2) is 0 Å². The summed E-state index contributed by atoms with van der Waals surface area (Å²) in [6.07, 6.45) is 1.82. The Balaban J connectivity index is 1.92. The Morgan fingerprint density at radius 2 is 2.36 bits per heavy atom. The van der Waals surface area contributed by atoms with Crippen LogP contribution < -0.4 is 10.6 Å². The van der Waals surface area contributed by atoms with Gasteiger partial charge in [-0.25, -0.2) is 0 Å². The van der Waals surface area contributed by atoms with Crippen molar-refractivity contribution < 1.29 is 5.11 Å². The molecule has 3 N–H and O–H groups in total. The molecule has 1 rings (SSSR count). The van der Waals surface area contributed by atoms with Crippen LogP contribution in [0.15, 0.2) is 0 Å². The topological polar surface area (TPSA) is 44.3 Å². The molecule has 0 aromatic heterocycles. The van der Waals surface area contributed by atoms with Crippen molar-refractivity contribution in [3.63, 3.8) is 0 Å². The smallest absolute Gasteiger partial charge is 0.0664 e. The van der Waals surface area contributed by atoms with E-state index in [-0.39, 0.29) is 6.10 Å². The summed E-state index contributed by atoms with van der Waals surface area (Å²) < 4.78 is 0. The molecule has 0 aromatic carbocycles. The van der Waals surface area contributed by atoms with Gasteiger partial charge in [0.05, 0.1) is 6.10 Å². The van der Waals surface area contributed by atoms with Crippen molar-refractivity contribution in [2.45, 2.75) is 31.9 Å². The summed E-state index contributed by atoms with van der Waals surface area (Å²) in [6.45, 7) is 4.95. The normalized spacial score (nSPS) is 21.3. The van der Waals surface area contributed by atoms with Gasteiger partial charge in [-0.15, -0.1) is 0 Å². The fourth-order valence-corrected chi connectivity index (χ4v) is 1.17. The first-order valence-corrected chi connectivity index (χ1v) is 4.45. The molecule has 0 aliphatic carbocycles. The van der Waals surface area contributed by atoms with E-state index in [1.807, 2.05) is 0 Å². The molecular formula is C8H18N2O. The van der Waals surface area contributed by atoms with E-state index in [0.717, 1.165) is 32.5 Å².